The third-order valence-corrected chi connectivity index (χ3v) is 3.90. The van der Waals surface area contributed by atoms with Crippen LogP contribution in [0, 0.1) is 0 Å². The van der Waals surface area contributed by atoms with E-state index in [0.29, 0.717) is 0 Å². The van der Waals surface area contributed by atoms with Gasteiger partial charge in [0.1, 0.15) is 0 Å². The Labute approximate surface area is 161 Å². The van der Waals surface area contributed by atoms with Gasteiger partial charge in [-0.2, -0.15) is 0 Å². The number of carbonyl (C=O) groups excluding carboxylic acids is 2. The lowest BCUT2D eigenvalue weighted by molar-refractivity contribution is 0.111. The number of carboxylic acid groups (broad SMARTS) is 2. The second-order valence-electron chi connectivity index (χ2n) is 5.66. The van der Waals surface area contributed by atoms with Gasteiger partial charge in [-0.3, -0.25) is 9.59 Å². The fraction of sp³-hybridized carbons (Fsp3) is 0. The fourth-order valence-electron chi connectivity index (χ4n) is 2.71. The number of hydrogen-bond acceptors (Lipinski definition) is 3. The van der Waals surface area contributed by atoms with Gasteiger partial charge in [-0.15, -0.1) is 0 Å². The van der Waals surface area contributed by atoms with E-state index in [1.54, 1.807) is 0 Å². The SMILES string of the molecule is O=C(O)O.O=Cc1cccc2ccccc12.O=Cc1cccc2ccccc12. The van der Waals surface area contributed by atoms with E-state index in [9.17, 15) is 9.59 Å². The normalized spacial score (nSPS) is 9.43. The third kappa shape index (κ3) is 5.51. The molecule has 0 radical (unpaired) electrons. The Balaban J connectivity index is 0.000000169. The zero-order valence-corrected chi connectivity index (χ0v) is 14.9. The van der Waals surface area contributed by atoms with E-state index >= 15 is 0 Å². The van der Waals surface area contributed by atoms with Crippen molar-refractivity contribution in [1.82, 2.24) is 0 Å². The highest BCUT2D eigenvalue weighted by molar-refractivity contribution is 5.98. The molecule has 0 aliphatic rings. The summed E-state index contributed by atoms with van der Waals surface area (Å²) in [6.07, 6.45) is -0.0509. The molecule has 0 bridgehead atoms. The Hall–Kier alpha value is -3.99. The molecule has 2 N–H and O–H groups in total. The molecule has 0 atom stereocenters. The molecule has 140 valence electrons. The summed E-state index contributed by atoms with van der Waals surface area (Å²) >= 11 is 0. The van der Waals surface area contributed by atoms with Crippen molar-refractivity contribution in [3.8, 4) is 0 Å². The number of rotatable bonds is 2. The lowest BCUT2D eigenvalue weighted by Crippen LogP contribution is -1.81. The van der Waals surface area contributed by atoms with Crippen molar-refractivity contribution < 1.29 is 24.6 Å². The second-order valence-corrected chi connectivity index (χ2v) is 5.66. The van der Waals surface area contributed by atoms with E-state index in [0.717, 1.165) is 45.2 Å². The van der Waals surface area contributed by atoms with Gasteiger partial charge < -0.3 is 10.2 Å². The van der Waals surface area contributed by atoms with Crippen LogP contribution in [0.3, 0.4) is 0 Å². The second kappa shape index (κ2) is 10.2. The highest BCUT2D eigenvalue weighted by atomic mass is 16.6. The number of benzene rings is 4. The van der Waals surface area contributed by atoms with Gasteiger partial charge >= 0.3 is 6.16 Å². The quantitative estimate of drug-likeness (QED) is 0.450. The van der Waals surface area contributed by atoms with Gasteiger partial charge in [0.15, 0.2) is 12.6 Å². The summed E-state index contributed by atoms with van der Waals surface area (Å²) in [6.45, 7) is 0. The van der Waals surface area contributed by atoms with Crippen LogP contribution in [0.2, 0.25) is 0 Å². The first-order valence-corrected chi connectivity index (χ1v) is 8.34. The molecule has 0 saturated carbocycles. The van der Waals surface area contributed by atoms with E-state index < -0.39 is 6.16 Å². The van der Waals surface area contributed by atoms with Gasteiger partial charge in [-0.25, -0.2) is 4.79 Å². The first-order valence-electron chi connectivity index (χ1n) is 8.34. The van der Waals surface area contributed by atoms with Crippen molar-refractivity contribution in [1.29, 1.82) is 0 Å². The summed E-state index contributed by atoms with van der Waals surface area (Å²) in [5.74, 6) is 0. The van der Waals surface area contributed by atoms with Gasteiger partial charge in [0.25, 0.3) is 0 Å². The average Bonchev–Trinajstić information content (AvgIpc) is 2.73. The zero-order chi connectivity index (χ0) is 20.4. The van der Waals surface area contributed by atoms with Gasteiger partial charge in [0.05, 0.1) is 0 Å². The number of aldehydes is 2. The summed E-state index contributed by atoms with van der Waals surface area (Å²) in [5, 5.41) is 18.2. The minimum atomic E-state index is -1.83. The Morgan fingerprint density at radius 2 is 0.893 bits per heavy atom. The molecule has 0 saturated heterocycles. The molecule has 28 heavy (non-hydrogen) atoms. The maximum Gasteiger partial charge on any atom is 0.503 e. The van der Waals surface area contributed by atoms with Crippen LogP contribution in [-0.4, -0.2) is 28.9 Å². The largest absolute Gasteiger partial charge is 0.503 e. The van der Waals surface area contributed by atoms with Crippen LogP contribution in [0.1, 0.15) is 20.7 Å². The summed E-state index contributed by atoms with van der Waals surface area (Å²) in [4.78, 5) is 29.8. The molecule has 0 spiro atoms. The molecule has 5 heteroatoms. The average molecular weight is 374 g/mol. The van der Waals surface area contributed by atoms with Crippen LogP contribution in [0.25, 0.3) is 21.5 Å². The maximum absolute atomic E-state index is 10.6. The highest BCUT2D eigenvalue weighted by Crippen LogP contribution is 2.17. The smallest absolute Gasteiger partial charge is 0.450 e. The standard InChI is InChI=1S/2C11H8O.CH2O3/c2*12-8-10-6-3-5-9-4-1-2-7-11(9)10;2-1(3)4/h2*1-8H;(H2,2,3,4). The van der Waals surface area contributed by atoms with E-state index in [-0.39, 0.29) is 0 Å². The maximum atomic E-state index is 10.6. The summed E-state index contributed by atoms with van der Waals surface area (Å²) < 4.78 is 0. The molecular weight excluding hydrogens is 356 g/mol. The molecule has 4 rings (SSSR count). The third-order valence-electron chi connectivity index (χ3n) is 3.90. The first-order chi connectivity index (χ1) is 13.6. The molecule has 0 amide bonds. The molecule has 0 aliphatic carbocycles. The molecule has 0 unspecified atom stereocenters. The van der Waals surface area contributed by atoms with Gasteiger partial charge in [-0.05, 0) is 21.5 Å². The summed E-state index contributed by atoms with van der Waals surface area (Å²) in [7, 11) is 0. The molecule has 0 heterocycles. The van der Waals surface area contributed by atoms with Crippen LogP contribution in [0.4, 0.5) is 4.79 Å². The molecule has 5 nitrogen and oxygen atoms in total. The van der Waals surface area contributed by atoms with Crippen molar-refractivity contribution in [3.05, 3.63) is 96.1 Å². The van der Waals surface area contributed by atoms with Gasteiger partial charge in [0, 0.05) is 11.1 Å². The predicted molar refractivity (Wildman–Crippen MR) is 109 cm³/mol. The monoisotopic (exact) mass is 374 g/mol. The molecule has 0 aliphatic heterocycles. The van der Waals surface area contributed by atoms with E-state index in [2.05, 4.69) is 0 Å². The minimum absolute atomic E-state index is 0.758. The number of carbonyl (C=O) groups is 3. The lowest BCUT2D eigenvalue weighted by atomic mass is 10.1. The van der Waals surface area contributed by atoms with E-state index in [1.165, 1.54) is 0 Å². The van der Waals surface area contributed by atoms with Gasteiger partial charge in [0.2, 0.25) is 0 Å². The Kier molecular flexibility index (Phi) is 7.43. The van der Waals surface area contributed by atoms with E-state index in [4.69, 9.17) is 15.0 Å². The Morgan fingerprint density at radius 1 is 0.571 bits per heavy atom. The zero-order valence-electron chi connectivity index (χ0n) is 14.9. The van der Waals surface area contributed by atoms with Crippen LogP contribution in [-0.2, 0) is 0 Å². The van der Waals surface area contributed by atoms with Gasteiger partial charge in [-0.1, -0.05) is 84.9 Å². The van der Waals surface area contributed by atoms with Crippen LogP contribution < -0.4 is 0 Å². The van der Waals surface area contributed by atoms with Crippen LogP contribution >= 0.6 is 0 Å². The molecule has 4 aromatic carbocycles. The number of fused-ring (bicyclic) bond motifs is 2. The van der Waals surface area contributed by atoms with Crippen molar-refractivity contribution in [2.75, 3.05) is 0 Å². The van der Waals surface area contributed by atoms with Crippen molar-refractivity contribution in [3.63, 3.8) is 0 Å². The first kappa shape index (κ1) is 20.3. The Bertz CT molecular complexity index is 1000. The minimum Gasteiger partial charge on any atom is -0.450 e. The molecule has 0 fully saturated rings. The Morgan fingerprint density at radius 3 is 1.25 bits per heavy atom. The summed E-state index contributed by atoms with van der Waals surface area (Å²) in [6, 6.07) is 27.2. The van der Waals surface area contributed by atoms with Crippen molar-refractivity contribution in [2.24, 2.45) is 0 Å². The van der Waals surface area contributed by atoms with Crippen LogP contribution in [0.5, 0.6) is 0 Å². The number of hydrogen-bond donors (Lipinski definition) is 2. The van der Waals surface area contributed by atoms with E-state index in [1.807, 2.05) is 84.9 Å². The lowest BCUT2D eigenvalue weighted by Gasteiger charge is -1.98. The molecule has 4 aromatic rings. The fourth-order valence-corrected chi connectivity index (χ4v) is 2.71. The predicted octanol–water partition coefficient (Wildman–Crippen LogP) is 5.53. The van der Waals surface area contributed by atoms with Crippen molar-refractivity contribution >= 4 is 40.3 Å². The highest BCUT2D eigenvalue weighted by Gasteiger charge is 1.97. The van der Waals surface area contributed by atoms with Crippen LogP contribution in [0.15, 0.2) is 84.9 Å². The molecular formula is C23H18O5. The topological polar surface area (TPSA) is 91.7 Å². The summed E-state index contributed by atoms with van der Waals surface area (Å²) in [5.41, 5.74) is 1.52. The van der Waals surface area contributed by atoms with Crippen molar-refractivity contribution in [2.45, 2.75) is 0 Å². The molecule has 0 aromatic heterocycles.